The van der Waals surface area contributed by atoms with Crippen LogP contribution in [0.4, 0.5) is 5.69 Å². The van der Waals surface area contributed by atoms with E-state index in [1.165, 1.54) is 0 Å². The second kappa shape index (κ2) is 5.02. The number of anilines is 1. The number of hydrogen-bond acceptors (Lipinski definition) is 3. The van der Waals surface area contributed by atoms with Crippen LogP contribution in [0.2, 0.25) is 0 Å². The zero-order valence-corrected chi connectivity index (χ0v) is 11.8. The van der Waals surface area contributed by atoms with E-state index in [1.807, 2.05) is 36.6 Å². The van der Waals surface area contributed by atoms with Gasteiger partial charge in [-0.05, 0) is 45.9 Å². The normalized spacial score (nSPS) is 10.5. The zero-order chi connectivity index (χ0) is 12.4. The largest absolute Gasteiger partial charge is 0.398 e. The molecule has 2 N–H and O–H groups in total. The average Bonchev–Trinajstić information content (AvgIpc) is 2.68. The van der Waals surface area contributed by atoms with E-state index in [-0.39, 0.29) is 5.78 Å². The Labute approximate surface area is 113 Å². The predicted molar refractivity (Wildman–Crippen MR) is 75.6 cm³/mol. The molecule has 88 valence electrons. The SMILES string of the molecule is Cc1c(N)cccc1C(=O)Cc1sccc1Br. The van der Waals surface area contributed by atoms with Crippen LogP contribution in [0.25, 0.3) is 0 Å². The lowest BCUT2D eigenvalue weighted by Gasteiger charge is -2.06. The van der Waals surface area contributed by atoms with Crippen molar-refractivity contribution in [3.05, 3.63) is 50.1 Å². The summed E-state index contributed by atoms with van der Waals surface area (Å²) < 4.78 is 0.998. The molecular formula is C13H12BrNOS. The van der Waals surface area contributed by atoms with E-state index in [4.69, 9.17) is 5.73 Å². The Kier molecular flexibility index (Phi) is 3.64. The van der Waals surface area contributed by atoms with Gasteiger partial charge in [0.2, 0.25) is 0 Å². The summed E-state index contributed by atoms with van der Waals surface area (Å²) >= 11 is 5.02. The molecule has 1 aromatic heterocycles. The van der Waals surface area contributed by atoms with Crippen LogP contribution in [0.3, 0.4) is 0 Å². The minimum Gasteiger partial charge on any atom is -0.398 e. The summed E-state index contributed by atoms with van der Waals surface area (Å²) in [5.74, 6) is 0.109. The summed E-state index contributed by atoms with van der Waals surface area (Å²) in [4.78, 5) is 13.2. The highest BCUT2D eigenvalue weighted by Crippen LogP contribution is 2.25. The highest BCUT2D eigenvalue weighted by Gasteiger charge is 2.13. The van der Waals surface area contributed by atoms with Gasteiger partial charge in [-0.25, -0.2) is 0 Å². The van der Waals surface area contributed by atoms with Crippen molar-refractivity contribution in [3.8, 4) is 0 Å². The Morgan fingerprint density at radius 1 is 1.41 bits per heavy atom. The van der Waals surface area contributed by atoms with Gasteiger partial charge >= 0.3 is 0 Å². The molecule has 0 fully saturated rings. The molecule has 0 atom stereocenters. The number of nitrogen functional groups attached to an aromatic ring is 1. The van der Waals surface area contributed by atoms with E-state index in [0.29, 0.717) is 17.7 Å². The first kappa shape index (κ1) is 12.3. The number of rotatable bonds is 3. The van der Waals surface area contributed by atoms with E-state index >= 15 is 0 Å². The Morgan fingerprint density at radius 2 is 2.18 bits per heavy atom. The van der Waals surface area contributed by atoms with Crippen LogP contribution in [0.1, 0.15) is 20.8 Å². The smallest absolute Gasteiger partial charge is 0.168 e. The van der Waals surface area contributed by atoms with Crippen molar-refractivity contribution in [2.75, 3.05) is 5.73 Å². The van der Waals surface area contributed by atoms with E-state index in [1.54, 1.807) is 11.3 Å². The van der Waals surface area contributed by atoms with Gasteiger partial charge in [-0.1, -0.05) is 12.1 Å². The first-order valence-electron chi connectivity index (χ1n) is 5.19. The lowest BCUT2D eigenvalue weighted by Crippen LogP contribution is -2.06. The van der Waals surface area contributed by atoms with E-state index < -0.39 is 0 Å². The highest BCUT2D eigenvalue weighted by molar-refractivity contribution is 9.10. The minimum atomic E-state index is 0.109. The summed E-state index contributed by atoms with van der Waals surface area (Å²) in [5.41, 5.74) is 8.05. The monoisotopic (exact) mass is 309 g/mol. The fraction of sp³-hybridized carbons (Fsp3) is 0.154. The van der Waals surface area contributed by atoms with E-state index in [2.05, 4.69) is 15.9 Å². The van der Waals surface area contributed by atoms with Gasteiger partial charge in [0.25, 0.3) is 0 Å². The molecule has 0 bridgehead atoms. The summed E-state index contributed by atoms with van der Waals surface area (Å²) in [5, 5.41) is 1.97. The lowest BCUT2D eigenvalue weighted by molar-refractivity contribution is 0.0993. The molecule has 17 heavy (non-hydrogen) atoms. The van der Waals surface area contributed by atoms with Gasteiger partial charge in [-0.15, -0.1) is 11.3 Å². The van der Waals surface area contributed by atoms with Crippen LogP contribution < -0.4 is 5.73 Å². The number of halogens is 1. The van der Waals surface area contributed by atoms with E-state index in [0.717, 1.165) is 14.9 Å². The third-order valence-corrected chi connectivity index (χ3v) is 4.61. The van der Waals surface area contributed by atoms with Gasteiger partial charge in [-0.3, -0.25) is 4.79 Å². The number of carbonyl (C=O) groups is 1. The second-order valence-electron chi connectivity index (χ2n) is 3.81. The van der Waals surface area contributed by atoms with Crippen molar-refractivity contribution < 1.29 is 4.79 Å². The lowest BCUT2D eigenvalue weighted by atomic mass is 10.0. The van der Waals surface area contributed by atoms with Gasteiger partial charge in [-0.2, -0.15) is 0 Å². The Hall–Kier alpha value is -1.13. The van der Waals surface area contributed by atoms with Gasteiger partial charge < -0.3 is 5.73 Å². The van der Waals surface area contributed by atoms with Crippen LogP contribution >= 0.6 is 27.3 Å². The maximum Gasteiger partial charge on any atom is 0.168 e. The van der Waals surface area contributed by atoms with Crippen molar-refractivity contribution in [2.45, 2.75) is 13.3 Å². The highest BCUT2D eigenvalue weighted by atomic mass is 79.9. The maximum absolute atomic E-state index is 12.2. The van der Waals surface area contributed by atoms with Crippen molar-refractivity contribution in [1.82, 2.24) is 0 Å². The van der Waals surface area contributed by atoms with Crippen LogP contribution in [-0.2, 0) is 6.42 Å². The summed E-state index contributed by atoms with van der Waals surface area (Å²) in [6.45, 7) is 1.88. The number of Topliss-reactive ketones (excluding diaryl/α,β-unsaturated/α-hetero) is 1. The molecule has 0 spiro atoms. The third-order valence-electron chi connectivity index (χ3n) is 2.69. The molecular weight excluding hydrogens is 298 g/mol. The van der Waals surface area contributed by atoms with E-state index in [9.17, 15) is 4.79 Å². The zero-order valence-electron chi connectivity index (χ0n) is 9.37. The van der Waals surface area contributed by atoms with Gasteiger partial charge in [0.15, 0.2) is 5.78 Å². The Balaban J connectivity index is 2.27. The van der Waals surface area contributed by atoms with Crippen LogP contribution in [0, 0.1) is 6.92 Å². The number of carbonyl (C=O) groups excluding carboxylic acids is 1. The molecule has 4 heteroatoms. The topological polar surface area (TPSA) is 43.1 Å². The molecule has 0 saturated carbocycles. The minimum absolute atomic E-state index is 0.109. The number of ketones is 1. The molecule has 2 aromatic rings. The fourth-order valence-corrected chi connectivity index (χ4v) is 3.14. The number of benzene rings is 1. The molecule has 2 rings (SSSR count). The summed E-state index contributed by atoms with van der Waals surface area (Å²) in [7, 11) is 0. The van der Waals surface area contributed by atoms with Crippen molar-refractivity contribution in [3.63, 3.8) is 0 Å². The molecule has 0 aliphatic heterocycles. The van der Waals surface area contributed by atoms with Crippen molar-refractivity contribution in [1.29, 1.82) is 0 Å². The fourth-order valence-electron chi connectivity index (χ4n) is 1.65. The third kappa shape index (κ3) is 2.58. The number of hydrogen-bond donors (Lipinski definition) is 1. The maximum atomic E-state index is 12.2. The first-order chi connectivity index (χ1) is 8.09. The Bertz CT molecular complexity index is 562. The quantitative estimate of drug-likeness (QED) is 0.691. The molecule has 1 aromatic carbocycles. The molecule has 0 aliphatic rings. The standard InChI is InChI=1S/C13H12BrNOS/c1-8-9(3-2-4-11(8)15)12(16)7-13-10(14)5-6-17-13/h2-6H,7,15H2,1H3. The molecule has 1 heterocycles. The summed E-state index contributed by atoms with van der Waals surface area (Å²) in [6, 6.07) is 7.42. The predicted octanol–water partition coefficient (Wildman–Crippen LogP) is 3.83. The van der Waals surface area contributed by atoms with Gasteiger partial charge in [0, 0.05) is 27.0 Å². The van der Waals surface area contributed by atoms with Crippen LogP contribution in [0.5, 0.6) is 0 Å². The van der Waals surface area contributed by atoms with Crippen LogP contribution in [0.15, 0.2) is 34.1 Å². The second-order valence-corrected chi connectivity index (χ2v) is 5.67. The number of nitrogens with two attached hydrogens (primary N) is 1. The van der Waals surface area contributed by atoms with Gasteiger partial charge in [0.1, 0.15) is 0 Å². The number of thiophene rings is 1. The van der Waals surface area contributed by atoms with Crippen molar-refractivity contribution in [2.24, 2.45) is 0 Å². The molecule has 0 aliphatic carbocycles. The Morgan fingerprint density at radius 3 is 2.82 bits per heavy atom. The molecule has 2 nitrogen and oxygen atoms in total. The molecule has 0 radical (unpaired) electrons. The summed E-state index contributed by atoms with van der Waals surface area (Å²) in [6.07, 6.45) is 0.419. The van der Waals surface area contributed by atoms with Crippen molar-refractivity contribution >= 4 is 38.7 Å². The average molecular weight is 310 g/mol. The molecule has 0 amide bonds. The molecule has 0 saturated heterocycles. The first-order valence-corrected chi connectivity index (χ1v) is 6.87. The van der Waals surface area contributed by atoms with Gasteiger partial charge in [0.05, 0.1) is 0 Å². The van der Waals surface area contributed by atoms with Crippen LogP contribution in [-0.4, -0.2) is 5.78 Å². The molecule has 0 unspecified atom stereocenters.